The van der Waals surface area contributed by atoms with Crippen LogP contribution in [-0.4, -0.2) is 0 Å². The number of anilines is 3. The van der Waals surface area contributed by atoms with Gasteiger partial charge in [-0.3, -0.25) is 0 Å². The van der Waals surface area contributed by atoms with Gasteiger partial charge in [0.1, 0.15) is 0 Å². The highest BCUT2D eigenvalue weighted by Gasteiger charge is 2.52. The Bertz CT molecular complexity index is 3280. The first-order valence-corrected chi connectivity index (χ1v) is 20.9. The molecule has 10 aromatic carbocycles. The smallest absolute Gasteiger partial charge is 0.0726 e. The second kappa shape index (κ2) is 12.6. The molecule has 60 heavy (non-hydrogen) atoms. The van der Waals surface area contributed by atoms with E-state index in [0.717, 1.165) is 11.4 Å². The molecule has 0 unspecified atom stereocenters. The summed E-state index contributed by atoms with van der Waals surface area (Å²) in [7, 11) is 0. The maximum atomic E-state index is 2.48. The van der Waals surface area contributed by atoms with Gasteiger partial charge in [-0.05, 0) is 125 Å². The fourth-order valence-corrected chi connectivity index (χ4v) is 11.0. The average Bonchev–Trinajstić information content (AvgIpc) is 3.93. The Hall–Kier alpha value is -7.74. The van der Waals surface area contributed by atoms with E-state index in [1.54, 1.807) is 0 Å². The Morgan fingerprint density at radius 3 is 1.37 bits per heavy atom. The van der Waals surface area contributed by atoms with E-state index >= 15 is 0 Å². The molecule has 0 fully saturated rings. The van der Waals surface area contributed by atoms with E-state index in [1.807, 2.05) is 0 Å². The van der Waals surface area contributed by atoms with E-state index in [-0.39, 0.29) is 0 Å². The number of nitrogens with zero attached hydrogens (tertiary/aromatic N) is 1. The summed E-state index contributed by atoms with van der Waals surface area (Å²) < 4.78 is 0. The summed E-state index contributed by atoms with van der Waals surface area (Å²) in [5, 5.41) is 2.64. The molecule has 3 aliphatic carbocycles. The molecule has 278 valence electrons. The van der Waals surface area contributed by atoms with Crippen molar-refractivity contribution in [1.29, 1.82) is 0 Å². The van der Waals surface area contributed by atoms with Crippen molar-refractivity contribution in [1.82, 2.24) is 0 Å². The molecular weight excluding hydrogens is 723 g/mol. The second-order valence-electron chi connectivity index (χ2n) is 16.3. The van der Waals surface area contributed by atoms with E-state index in [2.05, 4.69) is 229 Å². The van der Waals surface area contributed by atoms with Crippen LogP contribution in [0.25, 0.3) is 77.5 Å². The summed E-state index contributed by atoms with van der Waals surface area (Å²) in [4.78, 5) is 2.48. The van der Waals surface area contributed by atoms with Crippen LogP contribution in [0.3, 0.4) is 0 Å². The molecule has 3 aliphatic rings. The number of benzene rings is 10. The first kappa shape index (κ1) is 33.3. The molecule has 0 radical (unpaired) electrons. The van der Waals surface area contributed by atoms with Gasteiger partial charge in [0, 0.05) is 16.9 Å². The summed E-state index contributed by atoms with van der Waals surface area (Å²) >= 11 is 0. The lowest BCUT2D eigenvalue weighted by molar-refractivity contribution is 0.794. The molecule has 1 heteroatoms. The van der Waals surface area contributed by atoms with Crippen LogP contribution in [0.2, 0.25) is 0 Å². The first-order valence-electron chi connectivity index (χ1n) is 20.9. The third-order valence-corrected chi connectivity index (χ3v) is 13.5. The second-order valence-corrected chi connectivity index (χ2v) is 16.3. The van der Waals surface area contributed by atoms with E-state index in [0.29, 0.717) is 0 Å². The molecule has 0 atom stereocenters. The fraction of sp³-hybridized carbons (Fsp3) is 0.0169. The highest BCUT2D eigenvalue weighted by molar-refractivity contribution is 6.18. The zero-order valence-electron chi connectivity index (χ0n) is 32.8. The Labute approximate surface area is 350 Å². The van der Waals surface area contributed by atoms with Crippen molar-refractivity contribution in [2.24, 2.45) is 0 Å². The van der Waals surface area contributed by atoms with Gasteiger partial charge in [-0.2, -0.15) is 0 Å². The predicted molar refractivity (Wildman–Crippen MR) is 250 cm³/mol. The van der Waals surface area contributed by atoms with Crippen molar-refractivity contribution in [3.63, 3.8) is 0 Å². The van der Waals surface area contributed by atoms with Gasteiger partial charge in [0.05, 0.1) is 11.1 Å². The third kappa shape index (κ3) is 4.47. The van der Waals surface area contributed by atoms with E-state index in [1.165, 1.54) is 105 Å². The van der Waals surface area contributed by atoms with Crippen LogP contribution in [0, 0.1) is 0 Å². The van der Waals surface area contributed by atoms with Gasteiger partial charge in [0.25, 0.3) is 0 Å². The van der Waals surface area contributed by atoms with Gasteiger partial charge in [0.15, 0.2) is 0 Å². The highest BCUT2D eigenvalue weighted by atomic mass is 15.1. The normalized spacial score (nSPS) is 13.1. The molecule has 0 aliphatic heterocycles. The first-order chi connectivity index (χ1) is 29.8. The van der Waals surface area contributed by atoms with E-state index in [9.17, 15) is 0 Å². The van der Waals surface area contributed by atoms with Crippen LogP contribution in [0.4, 0.5) is 17.1 Å². The minimum atomic E-state index is -0.419. The Morgan fingerprint density at radius 2 is 0.717 bits per heavy atom. The van der Waals surface area contributed by atoms with Crippen molar-refractivity contribution in [3.8, 4) is 66.8 Å². The fourth-order valence-electron chi connectivity index (χ4n) is 11.0. The maximum absolute atomic E-state index is 2.48. The Balaban J connectivity index is 1.01. The van der Waals surface area contributed by atoms with Crippen molar-refractivity contribution >= 4 is 27.8 Å². The van der Waals surface area contributed by atoms with Crippen LogP contribution < -0.4 is 4.90 Å². The van der Waals surface area contributed by atoms with Gasteiger partial charge < -0.3 is 4.90 Å². The van der Waals surface area contributed by atoms with Gasteiger partial charge in [0.2, 0.25) is 0 Å². The molecule has 10 aromatic rings. The number of fused-ring (bicyclic) bond motifs is 13. The standard InChI is InChI=1S/C59H37N/c1-2-14-38(15-3-1)39-28-32-41(33-29-39)60(42-34-30-40(31-35-42)43-36-37-50-45-17-5-4-16-44(45)49-22-12-21-48(43)57(49)50)56-27-13-26-55-58(56)51-20-8-11-25-54(51)59(55)52-23-9-6-18-46(52)47-19-7-10-24-53(47)59/h1-37H. The quantitative estimate of drug-likeness (QED) is 0.169. The maximum Gasteiger partial charge on any atom is 0.0726 e. The van der Waals surface area contributed by atoms with E-state index < -0.39 is 5.41 Å². The van der Waals surface area contributed by atoms with Crippen LogP contribution >= 0.6 is 0 Å². The number of hydrogen-bond acceptors (Lipinski definition) is 1. The van der Waals surface area contributed by atoms with Gasteiger partial charge in [-0.1, -0.05) is 194 Å². The molecule has 0 amide bonds. The molecule has 0 bridgehead atoms. The topological polar surface area (TPSA) is 3.24 Å². The predicted octanol–water partition coefficient (Wildman–Crippen LogP) is 15.6. The summed E-state index contributed by atoms with van der Waals surface area (Å²) in [6, 6.07) is 83.4. The minimum absolute atomic E-state index is 0.419. The van der Waals surface area contributed by atoms with E-state index in [4.69, 9.17) is 0 Å². The lowest BCUT2D eigenvalue weighted by atomic mass is 9.70. The lowest BCUT2D eigenvalue weighted by Crippen LogP contribution is -2.26. The van der Waals surface area contributed by atoms with Crippen molar-refractivity contribution in [3.05, 3.63) is 247 Å². The van der Waals surface area contributed by atoms with Crippen LogP contribution in [0.15, 0.2) is 224 Å². The van der Waals surface area contributed by atoms with Gasteiger partial charge in [-0.15, -0.1) is 0 Å². The lowest BCUT2D eigenvalue weighted by Gasteiger charge is -2.32. The van der Waals surface area contributed by atoms with Crippen LogP contribution in [0.1, 0.15) is 22.3 Å². The number of hydrogen-bond donors (Lipinski definition) is 0. The Morgan fingerprint density at radius 1 is 0.267 bits per heavy atom. The van der Waals surface area contributed by atoms with Gasteiger partial charge >= 0.3 is 0 Å². The number of rotatable bonds is 5. The molecule has 1 nitrogen and oxygen atoms in total. The largest absolute Gasteiger partial charge is 0.310 e. The molecule has 0 heterocycles. The monoisotopic (exact) mass is 759 g/mol. The average molecular weight is 760 g/mol. The van der Waals surface area contributed by atoms with Crippen molar-refractivity contribution in [2.75, 3.05) is 4.90 Å². The zero-order chi connectivity index (χ0) is 39.4. The Kier molecular flexibility index (Phi) is 7.00. The third-order valence-electron chi connectivity index (χ3n) is 13.5. The van der Waals surface area contributed by atoms with Crippen molar-refractivity contribution < 1.29 is 0 Å². The van der Waals surface area contributed by atoms with Crippen LogP contribution in [0.5, 0.6) is 0 Å². The summed E-state index contributed by atoms with van der Waals surface area (Å²) in [6.45, 7) is 0. The molecular formula is C59H37N. The van der Waals surface area contributed by atoms with Crippen LogP contribution in [-0.2, 0) is 5.41 Å². The molecule has 1 spiro atoms. The van der Waals surface area contributed by atoms with Crippen molar-refractivity contribution in [2.45, 2.75) is 5.41 Å². The SMILES string of the molecule is c1ccc(-c2ccc(N(c3ccc(-c4ccc5c6c(cccc46)-c4ccccc4-5)cc3)c3cccc4c3-c3ccccc3C43c4ccccc4-c4ccccc43)cc2)cc1. The summed E-state index contributed by atoms with van der Waals surface area (Å²) in [5.74, 6) is 0. The molecule has 0 aromatic heterocycles. The highest BCUT2D eigenvalue weighted by Crippen LogP contribution is 2.64. The zero-order valence-corrected chi connectivity index (χ0v) is 32.8. The summed E-state index contributed by atoms with van der Waals surface area (Å²) in [6.07, 6.45) is 0. The van der Waals surface area contributed by atoms with Gasteiger partial charge in [-0.25, -0.2) is 0 Å². The minimum Gasteiger partial charge on any atom is -0.310 e. The summed E-state index contributed by atoms with van der Waals surface area (Å²) in [5.41, 5.74) is 23.7. The molecule has 0 saturated carbocycles. The molecule has 0 N–H and O–H groups in total. The molecule has 13 rings (SSSR count). The molecule has 0 saturated heterocycles.